The van der Waals surface area contributed by atoms with Crippen molar-refractivity contribution in [1.29, 1.82) is 0 Å². The zero-order valence-corrected chi connectivity index (χ0v) is 9.98. The largest absolute Gasteiger partial charge is 0.0961 e. The van der Waals surface area contributed by atoms with Gasteiger partial charge in [0.2, 0.25) is 0 Å². The van der Waals surface area contributed by atoms with Crippen LogP contribution in [0.1, 0.15) is 40.5 Å². The van der Waals surface area contributed by atoms with Gasteiger partial charge in [-0.2, -0.15) is 0 Å². The monoisotopic (exact) mass is 190 g/mol. The lowest BCUT2D eigenvalue weighted by atomic mass is 10.0. The topological polar surface area (TPSA) is 0 Å². The van der Waals surface area contributed by atoms with Gasteiger partial charge in [-0.05, 0) is 46.1 Å². The van der Waals surface area contributed by atoms with Crippen LogP contribution in [0.5, 0.6) is 0 Å². The summed E-state index contributed by atoms with van der Waals surface area (Å²) in [5.74, 6) is 0. The van der Waals surface area contributed by atoms with Gasteiger partial charge in [-0.15, -0.1) is 0 Å². The first kappa shape index (κ1) is 13.0. The minimum Gasteiger partial charge on any atom is -0.0961 e. The lowest BCUT2D eigenvalue weighted by Crippen LogP contribution is -1.85. The van der Waals surface area contributed by atoms with Gasteiger partial charge in [-0.25, -0.2) is 0 Å². The van der Waals surface area contributed by atoms with Gasteiger partial charge in [0, 0.05) is 0 Å². The Morgan fingerprint density at radius 2 is 1.64 bits per heavy atom. The van der Waals surface area contributed by atoms with Crippen LogP contribution in [0, 0.1) is 0 Å². The summed E-state index contributed by atoms with van der Waals surface area (Å²) in [6, 6.07) is 0. The van der Waals surface area contributed by atoms with Crippen LogP contribution in [0.2, 0.25) is 0 Å². The molecule has 0 aromatic heterocycles. The third-order valence-corrected chi connectivity index (χ3v) is 1.94. The highest BCUT2D eigenvalue weighted by Gasteiger charge is 1.96. The molecule has 0 atom stereocenters. The fourth-order valence-corrected chi connectivity index (χ4v) is 1.22. The van der Waals surface area contributed by atoms with Gasteiger partial charge in [-0.1, -0.05) is 42.0 Å². The first-order valence-corrected chi connectivity index (χ1v) is 5.08. The fourth-order valence-electron chi connectivity index (χ4n) is 1.22. The highest BCUT2D eigenvalue weighted by atomic mass is 14.0. The van der Waals surface area contributed by atoms with Gasteiger partial charge in [0.1, 0.15) is 0 Å². The van der Waals surface area contributed by atoms with Crippen molar-refractivity contribution in [3.63, 3.8) is 0 Å². The Morgan fingerprint density at radius 3 is 2.00 bits per heavy atom. The Hall–Kier alpha value is -1.04. The van der Waals surface area contributed by atoms with Crippen molar-refractivity contribution in [2.24, 2.45) is 0 Å². The van der Waals surface area contributed by atoms with E-state index in [1.54, 1.807) is 0 Å². The van der Waals surface area contributed by atoms with Gasteiger partial charge in [0.15, 0.2) is 0 Å². The maximum Gasteiger partial charge on any atom is -0.0242 e. The third kappa shape index (κ3) is 6.47. The molecule has 0 heteroatoms. The maximum absolute atomic E-state index is 3.98. The highest BCUT2D eigenvalue weighted by Crippen LogP contribution is 2.16. The van der Waals surface area contributed by atoms with E-state index in [0.717, 1.165) is 24.0 Å². The second-order valence-corrected chi connectivity index (χ2v) is 4.12. The van der Waals surface area contributed by atoms with Crippen LogP contribution in [-0.4, -0.2) is 0 Å². The first-order valence-electron chi connectivity index (χ1n) is 5.08. The van der Waals surface area contributed by atoms with E-state index in [4.69, 9.17) is 0 Å². The molecular weight excluding hydrogens is 168 g/mol. The van der Waals surface area contributed by atoms with Crippen molar-refractivity contribution in [2.75, 3.05) is 0 Å². The summed E-state index contributed by atoms with van der Waals surface area (Å²) in [5.41, 5.74) is 4.94. The van der Waals surface area contributed by atoms with Gasteiger partial charge in [0.05, 0.1) is 0 Å². The van der Waals surface area contributed by atoms with E-state index in [-0.39, 0.29) is 0 Å². The molecule has 0 aliphatic carbocycles. The van der Waals surface area contributed by atoms with Crippen molar-refractivity contribution >= 4 is 0 Å². The zero-order valence-electron chi connectivity index (χ0n) is 9.98. The molecule has 0 aliphatic rings. The van der Waals surface area contributed by atoms with Crippen LogP contribution in [0.25, 0.3) is 0 Å². The van der Waals surface area contributed by atoms with Crippen LogP contribution < -0.4 is 0 Å². The standard InChI is InChI=1S/C14H22/c1-11(2)8-7-9-14(13(5)6)10-12(3)4/h8,10H,3,5,7,9H2,1-2,4,6H3. The summed E-state index contributed by atoms with van der Waals surface area (Å²) >= 11 is 0. The number of allylic oxidation sites excluding steroid dienone is 6. The fraction of sp³-hybridized carbons (Fsp3) is 0.429. The van der Waals surface area contributed by atoms with Crippen molar-refractivity contribution in [2.45, 2.75) is 40.5 Å². The zero-order chi connectivity index (χ0) is 11.1. The van der Waals surface area contributed by atoms with E-state index in [9.17, 15) is 0 Å². The molecule has 0 radical (unpaired) electrons. The van der Waals surface area contributed by atoms with E-state index in [1.807, 2.05) is 6.92 Å². The first-order chi connectivity index (χ1) is 6.43. The van der Waals surface area contributed by atoms with E-state index in [0.29, 0.717) is 0 Å². The summed E-state index contributed by atoms with van der Waals surface area (Å²) in [4.78, 5) is 0. The minimum absolute atomic E-state index is 1.06. The Bertz CT molecular complexity index is 270. The van der Waals surface area contributed by atoms with E-state index >= 15 is 0 Å². The Morgan fingerprint density at radius 1 is 1.07 bits per heavy atom. The van der Waals surface area contributed by atoms with Crippen molar-refractivity contribution < 1.29 is 0 Å². The summed E-state index contributed by atoms with van der Waals surface area (Å²) < 4.78 is 0. The highest BCUT2D eigenvalue weighted by molar-refractivity contribution is 5.32. The van der Waals surface area contributed by atoms with Gasteiger partial charge < -0.3 is 0 Å². The van der Waals surface area contributed by atoms with Gasteiger partial charge in [0.25, 0.3) is 0 Å². The van der Waals surface area contributed by atoms with E-state index < -0.39 is 0 Å². The summed E-state index contributed by atoms with van der Waals surface area (Å²) in [7, 11) is 0. The van der Waals surface area contributed by atoms with Gasteiger partial charge in [-0.3, -0.25) is 0 Å². The second kappa shape index (κ2) is 6.42. The quantitative estimate of drug-likeness (QED) is 0.431. The van der Waals surface area contributed by atoms with Crippen LogP contribution in [0.3, 0.4) is 0 Å². The molecule has 78 valence electrons. The second-order valence-electron chi connectivity index (χ2n) is 4.12. The number of hydrogen-bond acceptors (Lipinski definition) is 0. The molecule has 0 N–H and O–H groups in total. The molecule has 14 heavy (non-hydrogen) atoms. The lowest BCUT2D eigenvalue weighted by molar-refractivity contribution is 0.973. The molecule has 0 amide bonds. The predicted octanol–water partition coefficient (Wildman–Crippen LogP) is 4.81. The van der Waals surface area contributed by atoms with Crippen LogP contribution in [0.15, 0.2) is 47.6 Å². The minimum atomic E-state index is 1.06. The average molecular weight is 190 g/mol. The molecule has 0 aromatic carbocycles. The molecule has 0 aromatic rings. The van der Waals surface area contributed by atoms with Crippen LogP contribution >= 0.6 is 0 Å². The normalized spacial score (nSPS) is 11.0. The smallest absolute Gasteiger partial charge is 0.0242 e. The summed E-state index contributed by atoms with van der Waals surface area (Å²) in [6.45, 7) is 16.2. The van der Waals surface area contributed by atoms with E-state index in [1.165, 1.54) is 11.1 Å². The van der Waals surface area contributed by atoms with Crippen molar-refractivity contribution in [1.82, 2.24) is 0 Å². The molecule has 0 rings (SSSR count). The molecule has 0 saturated heterocycles. The SMILES string of the molecule is C=C(C)C=C(CCC=C(C)C)C(=C)C. The van der Waals surface area contributed by atoms with E-state index in [2.05, 4.69) is 46.1 Å². The summed E-state index contributed by atoms with van der Waals surface area (Å²) in [6.07, 6.45) is 6.54. The molecule has 0 unspecified atom stereocenters. The maximum atomic E-state index is 3.98. The third-order valence-electron chi connectivity index (χ3n) is 1.94. The molecular formula is C14H22. The van der Waals surface area contributed by atoms with Crippen molar-refractivity contribution in [3.8, 4) is 0 Å². The molecule has 0 heterocycles. The molecule has 0 nitrogen and oxygen atoms in total. The predicted molar refractivity (Wildman–Crippen MR) is 66.4 cm³/mol. The van der Waals surface area contributed by atoms with Gasteiger partial charge >= 0.3 is 0 Å². The number of hydrogen-bond donors (Lipinski definition) is 0. The van der Waals surface area contributed by atoms with Crippen LogP contribution in [-0.2, 0) is 0 Å². The van der Waals surface area contributed by atoms with Crippen LogP contribution in [0.4, 0.5) is 0 Å². The Labute approximate surface area is 88.7 Å². The molecule has 0 saturated carbocycles. The van der Waals surface area contributed by atoms with Crippen molar-refractivity contribution in [3.05, 3.63) is 47.6 Å². The summed E-state index contributed by atoms with van der Waals surface area (Å²) in [5, 5.41) is 0. The molecule has 0 bridgehead atoms. The Kier molecular flexibility index (Phi) is 5.94. The molecule has 0 fully saturated rings. The molecule has 0 spiro atoms. The molecule has 0 aliphatic heterocycles. The average Bonchev–Trinajstić information content (AvgIpc) is 2.00. The number of rotatable bonds is 5. The Balaban J connectivity index is 4.34. The lowest BCUT2D eigenvalue weighted by Gasteiger charge is -2.05.